The summed E-state index contributed by atoms with van der Waals surface area (Å²) in [6.07, 6.45) is -3.01. The van der Waals surface area contributed by atoms with Crippen LogP contribution in [0.2, 0.25) is 0 Å². The molecule has 0 aliphatic carbocycles. The van der Waals surface area contributed by atoms with Gasteiger partial charge < -0.3 is 24.8 Å². The second-order valence-electron chi connectivity index (χ2n) is 8.36. The molecule has 204 valence electrons. The highest BCUT2D eigenvalue weighted by Crippen LogP contribution is 2.41. The normalized spacial score (nSPS) is 17.0. The molecule has 0 bridgehead atoms. The van der Waals surface area contributed by atoms with Gasteiger partial charge >= 0.3 is 6.18 Å². The molecular formula is C24H25F4N5O4S. The Morgan fingerprint density at radius 2 is 1.97 bits per heavy atom. The number of fused-ring (bicyclic) bond motifs is 1. The first-order valence-electron chi connectivity index (χ1n) is 11.3. The average molecular weight is 556 g/mol. The molecule has 9 nitrogen and oxygen atoms in total. The lowest BCUT2D eigenvalue weighted by Gasteiger charge is -2.27. The Balaban J connectivity index is 1.62. The Labute approximate surface area is 218 Å². The van der Waals surface area contributed by atoms with Crippen LogP contribution in [0.3, 0.4) is 0 Å². The predicted octanol–water partition coefficient (Wildman–Crippen LogP) is 4.35. The van der Waals surface area contributed by atoms with Crippen LogP contribution in [-0.2, 0) is 20.2 Å². The van der Waals surface area contributed by atoms with E-state index in [4.69, 9.17) is 18.6 Å². The summed E-state index contributed by atoms with van der Waals surface area (Å²) in [6, 6.07) is 5.35. The van der Waals surface area contributed by atoms with Crippen molar-refractivity contribution >= 4 is 44.7 Å². The summed E-state index contributed by atoms with van der Waals surface area (Å²) < 4.78 is 72.1. The molecule has 1 aliphatic heterocycles. The number of halogens is 4. The second kappa shape index (κ2) is 11.5. The van der Waals surface area contributed by atoms with E-state index in [-0.39, 0.29) is 28.2 Å². The molecule has 1 fully saturated rings. The van der Waals surface area contributed by atoms with Crippen LogP contribution in [-0.4, -0.2) is 67.0 Å². The molecule has 1 aliphatic rings. The van der Waals surface area contributed by atoms with Crippen LogP contribution in [0.5, 0.6) is 11.5 Å². The second-order valence-corrected chi connectivity index (χ2v) is 10.1. The maximum Gasteiger partial charge on any atom is 0.405 e. The van der Waals surface area contributed by atoms with Gasteiger partial charge in [-0.15, -0.1) is 0 Å². The Morgan fingerprint density at radius 1 is 1.21 bits per heavy atom. The third kappa shape index (κ3) is 6.48. The number of amides is 1. The van der Waals surface area contributed by atoms with Crippen molar-refractivity contribution in [1.29, 1.82) is 0 Å². The first-order valence-corrected chi connectivity index (χ1v) is 12.9. The van der Waals surface area contributed by atoms with Crippen LogP contribution < -0.4 is 20.1 Å². The zero-order valence-corrected chi connectivity index (χ0v) is 21.5. The molecule has 2 aromatic carbocycles. The molecule has 14 heteroatoms. The van der Waals surface area contributed by atoms with Gasteiger partial charge in [-0.05, 0) is 25.1 Å². The molecule has 2 N–H and O–H groups in total. The molecule has 38 heavy (non-hydrogen) atoms. The Morgan fingerprint density at radius 3 is 2.66 bits per heavy atom. The minimum Gasteiger partial charge on any atom is -0.494 e. The van der Waals surface area contributed by atoms with E-state index in [2.05, 4.69) is 15.3 Å². The number of nitrogens with one attached hydrogen (secondary N) is 2. The summed E-state index contributed by atoms with van der Waals surface area (Å²) in [5.74, 6) is 0.830. The number of ether oxygens (including phenoxy) is 3. The van der Waals surface area contributed by atoms with Crippen molar-refractivity contribution in [3.8, 4) is 11.5 Å². The molecule has 4 rings (SSSR count). The Hall–Kier alpha value is -3.52. The van der Waals surface area contributed by atoms with Gasteiger partial charge in [-0.25, -0.2) is 18.7 Å². The number of aryl methyl sites for hydroxylation is 1. The van der Waals surface area contributed by atoms with Gasteiger partial charge in [0.15, 0.2) is 6.61 Å². The molecule has 0 saturated carbocycles. The first kappa shape index (κ1) is 27.5. The summed E-state index contributed by atoms with van der Waals surface area (Å²) in [4.78, 5) is 20.5. The van der Waals surface area contributed by atoms with Gasteiger partial charge in [0.1, 0.15) is 41.7 Å². The van der Waals surface area contributed by atoms with E-state index in [9.17, 15) is 22.4 Å². The zero-order valence-electron chi connectivity index (χ0n) is 20.7. The SMILES string of the molecule is COc1c(N=S2CC(OC)C2)cc2ncnc(Nc3ccc(F)cc3OCC(=O)NCC(F)(F)F)c2c1C. The van der Waals surface area contributed by atoms with Gasteiger partial charge in [0.05, 0.1) is 24.4 Å². The van der Waals surface area contributed by atoms with E-state index in [1.54, 1.807) is 25.6 Å². The molecule has 0 atom stereocenters. The quantitative estimate of drug-likeness (QED) is 0.378. The van der Waals surface area contributed by atoms with E-state index < -0.39 is 31.1 Å². The molecule has 0 radical (unpaired) electrons. The highest BCUT2D eigenvalue weighted by atomic mass is 32.2. The number of carbonyl (C=O) groups is 1. The number of carbonyl (C=O) groups excluding carboxylic acids is 1. The van der Waals surface area contributed by atoms with Gasteiger partial charge in [0.2, 0.25) is 0 Å². The third-order valence-electron chi connectivity index (χ3n) is 5.66. The number of methoxy groups -OCH3 is 2. The highest BCUT2D eigenvalue weighted by molar-refractivity contribution is 7.89. The standard InChI is InChI=1S/C24H25F4N5O4S/c1-13-21-17(7-18(22(13)36-3)33-38-9-15(10-38)35-2)30-12-31-23(21)32-16-5-4-14(25)6-19(16)37-8-20(34)29-11-24(26,27)28/h4-7,12,15H,8-11H2,1-3H3,(H,29,34)(H,30,31,32). The lowest BCUT2D eigenvalue weighted by atomic mass is 10.1. The van der Waals surface area contributed by atoms with Crippen molar-refractivity contribution in [2.75, 3.05) is 44.2 Å². The van der Waals surface area contributed by atoms with Crippen molar-refractivity contribution in [3.63, 3.8) is 0 Å². The molecule has 3 aromatic rings. The third-order valence-corrected chi connectivity index (χ3v) is 7.63. The minimum atomic E-state index is -4.56. The number of aromatic nitrogens is 2. The van der Waals surface area contributed by atoms with Gasteiger partial charge in [-0.3, -0.25) is 4.79 Å². The maximum absolute atomic E-state index is 13.9. The van der Waals surface area contributed by atoms with Crippen LogP contribution in [0.4, 0.5) is 34.8 Å². The number of hydrogen-bond acceptors (Lipinski definition) is 8. The molecule has 1 amide bonds. The predicted molar refractivity (Wildman–Crippen MR) is 135 cm³/mol. The molecule has 2 heterocycles. The molecule has 0 unspecified atom stereocenters. The van der Waals surface area contributed by atoms with E-state index in [0.29, 0.717) is 28.2 Å². The van der Waals surface area contributed by atoms with Crippen molar-refractivity contribution in [1.82, 2.24) is 15.3 Å². The van der Waals surface area contributed by atoms with Crippen molar-refractivity contribution < 1.29 is 36.6 Å². The number of nitrogens with zero attached hydrogens (tertiary/aromatic N) is 3. The largest absolute Gasteiger partial charge is 0.494 e. The zero-order chi connectivity index (χ0) is 27.4. The van der Waals surface area contributed by atoms with E-state index >= 15 is 0 Å². The van der Waals surface area contributed by atoms with Crippen LogP contribution in [0.25, 0.3) is 10.9 Å². The fraction of sp³-hybridized carbons (Fsp3) is 0.375. The topological polar surface area (TPSA) is 107 Å². The Bertz CT molecular complexity index is 1380. The lowest BCUT2D eigenvalue weighted by Crippen LogP contribution is -2.37. The van der Waals surface area contributed by atoms with E-state index in [1.165, 1.54) is 18.5 Å². The van der Waals surface area contributed by atoms with Crippen molar-refractivity contribution in [2.24, 2.45) is 4.36 Å². The highest BCUT2D eigenvalue weighted by Gasteiger charge is 2.28. The van der Waals surface area contributed by atoms with E-state index in [0.717, 1.165) is 23.1 Å². The minimum absolute atomic E-state index is 0.0889. The van der Waals surface area contributed by atoms with Crippen LogP contribution in [0, 0.1) is 12.7 Å². The van der Waals surface area contributed by atoms with Crippen LogP contribution in [0.15, 0.2) is 35.0 Å². The smallest absolute Gasteiger partial charge is 0.405 e. The number of benzene rings is 2. The van der Waals surface area contributed by atoms with Crippen molar-refractivity contribution in [2.45, 2.75) is 19.2 Å². The Kier molecular flexibility index (Phi) is 8.31. The number of hydrogen-bond donors (Lipinski definition) is 2. The van der Waals surface area contributed by atoms with Gasteiger partial charge in [0.25, 0.3) is 5.91 Å². The van der Waals surface area contributed by atoms with Gasteiger partial charge in [-0.1, -0.05) is 10.7 Å². The summed E-state index contributed by atoms with van der Waals surface area (Å²) in [6.45, 7) is -0.411. The van der Waals surface area contributed by atoms with Gasteiger partial charge in [0, 0.05) is 35.6 Å². The summed E-state index contributed by atoms with van der Waals surface area (Å²) in [5, 5.41) is 5.37. The van der Waals surface area contributed by atoms with Gasteiger partial charge in [-0.2, -0.15) is 13.2 Å². The van der Waals surface area contributed by atoms with Crippen LogP contribution in [0.1, 0.15) is 5.56 Å². The molecule has 1 aromatic heterocycles. The fourth-order valence-corrected chi connectivity index (χ4v) is 5.36. The average Bonchev–Trinajstić information content (AvgIpc) is 2.84. The van der Waals surface area contributed by atoms with E-state index in [1.807, 2.05) is 6.92 Å². The fourth-order valence-electron chi connectivity index (χ4n) is 3.77. The molecule has 0 spiro atoms. The molecular weight excluding hydrogens is 530 g/mol. The summed E-state index contributed by atoms with van der Waals surface area (Å²) in [5.41, 5.74) is 2.21. The number of anilines is 2. The van der Waals surface area contributed by atoms with Crippen LogP contribution >= 0.6 is 0 Å². The number of rotatable bonds is 9. The first-order chi connectivity index (χ1) is 18.1. The summed E-state index contributed by atoms with van der Waals surface area (Å²) in [7, 11) is 3.04. The molecule has 1 saturated heterocycles. The monoisotopic (exact) mass is 555 g/mol. The number of alkyl halides is 3. The van der Waals surface area contributed by atoms with Crippen molar-refractivity contribution in [3.05, 3.63) is 42.0 Å². The maximum atomic E-state index is 13.9. The lowest BCUT2D eigenvalue weighted by molar-refractivity contribution is -0.139. The summed E-state index contributed by atoms with van der Waals surface area (Å²) >= 11 is 0.